The molecule has 3 aromatic rings. The van der Waals surface area contributed by atoms with E-state index in [-0.39, 0.29) is 0 Å². The van der Waals surface area contributed by atoms with Crippen molar-refractivity contribution >= 4 is 27.3 Å². The Morgan fingerprint density at radius 2 is 1.06 bits per heavy atom. The minimum Gasteiger partial charge on any atom is -0.264 e. The average Bonchev–Trinajstić information content (AvgIpc) is 3.36. The van der Waals surface area contributed by atoms with Crippen molar-refractivity contribution in [2.75, 3.05) is 0 Å². The van der Waals surface area contributed by atoms with Gasteiger partial charge in [0.1, 0.15) is 0 Å². The van der Waals surface area contributed by atoms with E-state index in [1.807, 2.05) is 86.1 Å². The number of pyridine rings is 2. The third-order valence-corrected chi connectivity index (χ3v) is 4.71. The first-order valence-corrected chi connectivity index (χ1v) is 13.7. The molecule has 0 aliphatic heterocycles. The Balaban J connectivity index is -0.000000159. The van der Waals surface area contributed by atoms with Gasteiger partial charge in [0, 0.05) is 24.8 Å². The lowest BCUT2D eigenvalue weighted by atomic mass is 10.2. The maximum Gasteiger partial charge on any atom is 0.0934 e. The van der Waals surface area contributed by atoms with Crippen molar-refractivity contribution in [3.63, 3.8) is 0 Å². The zero-order valence-electron chi connectivity index (χ0n) is 22.4. The van der Waals surface area contributed by atoms with Crippen LogP contribution in [0.4, 0.5) is 0 Å². The molecular formula is C27H48BrN3S. The monoisotopic (exact) mass is 525 g/mol. The molecule has 0 amide bonds. The highest BCUT2D eigenvalue weighted by Crippen LogP contribution is 2.18. The van der Waals surface area contributed by atoms with Crippen LogP contribution in [0.2, 0.25) is 0 Å². The van der Waals surface area contributed by atoms with Crippen LogP contribution in [0.1, 0.15) is 92.3 Å². The SMILES string of the molecule is CC.CC.CC.CC.CCc1cccnc1.CCc1cccnc1.CCc1ncc(Br)s1. The van der Waals surface area contributed by atoms with Gasteiger partial charge in [-0.15, -0.1) is 11.3 Å². The summed E-state index contributed by atoms with van der Waals surface area (Å²) in [5.74, 6) is 0. The summed E-state index contributed by atoms with van der Waals surface area (Å²) >= 11 is 5.02. The molecule has 3 rings (SSSR count). The number of nitrogens with zero attached hydrogens (tertiary/aromatic N) is 3. The van der Waals surface area contributed by atoms with Crippen LogP contribution in [0.5, 0.6) is 0 Å². The lowest BCUT2D eigenvalue weighted by Gasteiger charge is -1.88. The minimum atomic E-state index is 1.04. The summed E-state index contributed by atoms with van der Waals surface area (Å²) in [6.07, 6.45) is 12.4. The van der Waals surface area contributed by atoms with E-state index >= 15 is 0 Å². The second kappa shape index (κ2) is 34.0. The lowest BCUT2D eigenvalue weighted by molar-refractivity contribution is 1.09. The number of aromatic nitrogens is 3. The molecule has 0 N–H and O–H groups in total. The van der Waals surface area contributed by atoms with Crippen LogP contribution in [0, 0.1) is 0 Å². The molecule has 0 aliphatic carbocycles. The van der Waals surface area contributed by atoms with Crippen molar-refractivity contribution in [1.82, 2.24) is 15.0 Å². The van der Waals surface area contributed by atoms with Crippen molar-refractivity contribution < 1.29 is 0 Å². The van der Waals surface area contributed by atoms with Gasteiger partial charge in [-0.05, 0) is 58.5 Å². The fourth-order valence-electron chi connectivity index (χ4n) is 1.67. The van der Waals surface area contributed by atoms with E-state index in [1.54, 1.807) is 23.7 Å². The number of thiazole rings is 1. The number of halogens is 1. The molecule has 3 aromatic heterocycles. The summed E-state index contributed by atoms with van der Waals surface area (Å²) in [5.41, 5.74) is 2.60. The Morgan fingerprint density at radius 1 is 0.656 bits per heavy atom. The molecule has 5 heteroatoms. The van der Waals surface area contributed by atoms with E-state index in [0.717, 1.165) is 23.0 Å². The molecule has 32 heavy (non-hydrogen) atoms. The summed E-state index contributed by atoms with van der Waals surface area (Å²) in [7, 11) is 0. The highest BCUT2D eigenvalue weighted by molar-refractivity contribution is 9.11. The number of rotatable bonds is 3. The van der Waals surface area contributed by atoms with Gasteiger partial charge in [-0.1, -0.05) is 88.3 Å². The zero-order valence-corrected chi connectivity index (χ0v) is 24.8. The standard InChI is InChI=1S/2C7H9N.C5H6BrNS.4C2H6/c2*1-2-7-4-3-5-8-6-7;1-2-5-7-3-4(6)8-5;4*1-2/h2*3-6H,2H2,1H3;3H,2H2,1H3;4*1-2H3. The van der Waals surface area contributed by atoms with Gasteiger partial charge in [-0.25, -0.2) is 4.98 Å². The van der Waals surface area contributed by atoms with Crippen molar-refractivity contribution in [2.45, 2.75) is 95.4 Å². The smallest absolute Gasteiger partial charge is 0.0934 e. The summed E-state index contributed by atoms with van der Waals surface area (Å²) in [4.78, 5) is 12.0. The maximum atomic E-state index is 4.11. The number of hydrogen-bond acceptors (Lipinski definition) is 4. The summed E-state index contributed by atoms with van der Waals surface area (Å²) in [6.45, 7) is 22.3. The van der Waals surface area contributed by atoms with Crippen molar-refractivity contribution in [3.05, 3.63) is 75.2 Å². The molecule has 0 saturated carbocycles. The molecule has 0 aliphatic rings. The maximum absolute atomic E-state index is 4.11. The Morgan fingerprint density at radius 3 is 1.22 bits per heavy atom. The van der Waals surface area contributed by atoms with Crippen LogP contribution in [0.15, 0.2) is 59.0 Å². The van der Waals surface area contributed by atoms with E-state index in [1.165, 1.54) is 16.1 Å². The van der Waals surface area contributed by atoms with Gasteiger partial charge < -0.3 is 0 Å². The topological polar surface area (TPSA) is 38.7 Å². The third-order valence-electron chi connectivity index (χ3n) is 3.09. The molecule has 0 fully saturated rings. The number of aryl methyl sites for hydroxylation is 3. The van der Waals surface area contributed by atoms with Gasteiger partial charge in [0.15, 0.2) is 0 Å². The van der Waals surface area contributed by atoms with Gasteiger partial charge in [-0.3, -0.25) is 9.97 Å². The molecule has 184 valence electrons. The van der Waals surface area contributed by atoms with Crippen LogP contribution in [-0.2, 0) is 19.3 Å². The fraction of sp³-hybridized carbons (Fsp3) is 0.519. The molecule has 0 atom stereocenters. The van der Waals surface area contributed by atoms with E-state index < -0.39 is 0 Å². The fourth-order valence-corrected chi connectivity index (χ4v) is 2.91. The minimum absolute atomic E-state index is 1.04. The van der Waals surface area contributed by atoms with Crippen LogP contribution >= 0.6 is 27.3 Å². The quantitative estimate of drug-likeness (QED) is 0.341. The van der Waals surface area contributed by atoms with Crippen LogP contribution in [0.25, 0.3) is 0 Å². The average molecular weight is 527 g/mol. The molecule has 0 saturated heterocycles. The van der Waals surface area contributed by atoms with Crippen LogP contribution < -0.4 is 0 Å². The Kier molecular flexibility index (Phi) is 40.1. The number of hydrogen-bond donors (Lipinski definition) is 0. The van der Waals surface area contributed by atoms with Gasteiger partial charge >= 0.3 is 0 Å². The molecule has 3 heterocycles. The van der Waals surface area contributed by atoms with E-state index in [0.29, 0.717) is 0 Å². The first-order valence-electron chi connectivity index (χ1n) is 12.1. The van der Waals surface area contributed by atoms with Gasteiger partial charge in [0.05, 0.1) is 15.0 Å². The van der Waals surface area contributed by atoms with Crippen molar-refractivity contribution in [3.8, 4) is 0 Å². The Labute approximate surface area is 212 Å². The van der Waals surface area contributed by atoms with Crippen molar-refractivity contribution in [2.24, 2.45) is 0 Å². The summed E-state index contributed by atoms with van der Waals surface area (Å²) in [6, 6.07) is 8.07. The van der Waals surface area contributed by atoms with E-state index in [9.17, 15) is 0 Å². The predicted molar refractivity (Wildman–Crippen MR) is 152 cm³/mol. The molecule has 0 spiro atoms. The van der Waals surface area contributed by atoms with E-state index in [4.69, 9.17) is 0 Å². The van der Waals surface area contributed by atoms with Gasteiger partial charge in [-0.2, -0.15) is 0 Å². The lowest BCUT2D eigenvalue weighted by Crippen LogP contribution is -1.77. The third kappa shape index (κ3) is 24.7. The Hall–Kier alpha value is -1.59. The largest absolute Gasteiger partial charge is 0.264 e. The highest BCUT2D eigenvalue weighted by Gasteiger charge is 1.92. The predicted octanol–water partition coefficient (Wildman–Crippen LogP) is 9.86. The molecule has 0 bridgehead atoms. The van der Waals surface area contributed by atoms with Crippen LogP contribution in [0.3, 0.4) is 0 Å². The zero-order chi connectivity index (χ0) is 25.6. The van der Waals surface area contributed by atoms with Gasteiger partial charge in [0.2, 0.25) is 0 Å². The van der Waals surface area contributed by atoms with Gasteiger partial charge in [0.25, 0.3) is 0 Å². The molecule has 0 aromatic carbocycles. The normalized spacial score (nSPS) is 7.75. The summed E-state index contributed by atoms with van der Waals surface area (Å²) < 4.78 is 1.12. The van der Waals surface area contributed by atoms with E-state index in [2.05, 4.69) is 63.8 Å². The molecule has 3 nitrogen and oxygen atoms in total. The highest BCUT2D eigenvalue weighted by atomic mass is 79.9. The first kappa shape index (κ1) is 37.7. The summed E-state index contributed by atoms with van der Waals surface area (Å²) in [5, 5.41) is 1.19. The first-order chi connectivity index (χ1) is 15.7. The van der Waals surface area contributed by atoms with Crippen molar-refractivity contribution in [1.29, 1.82) is 0 Å². The molecular weight excluding hydrogens is 478 g/mol. The Bertz CT molecular complexity index is 619. The molecule has 0 radical (unpaired) electrons. The second-order valence-electron chi connectivity index (χ2n) is 4.84. The van der Waals surface area contributed by atoms with Crippen LogP contribution in [-0.4, -0.2) is 15.0 Å². The molecule has 0 unspecified atom stereocenters. The second-order valence-corrected chi connectivity index (χ2v) is 7.34.